The van der Waals surface area contributed by atoms with Gasteiger partial charge in [0.15, 0.2) is 0 Å². The van der Waals surface area contributed by atoms with Crippen LogP contribution in [-0.4, -0.2) is 23.2 Å². The Balaban J connectivity index is 2.46. The zero-order valence-electron chi connectivity index (χ0n) is 8.08. The molecule has 72 valence electrons. The molecule has 0 aromatic rings. The van der Waals surface area contributed by atoms with E-state index >= 15 is 0 Å². The molecule has 2 unspecified atom stereocenters. The van der Waals surface area contributed by atoms with Gasteiger partial charge in [0.25, 0.3) is 0 Å². The summed E-state index contributed by atoms with van der Waals surface area (Å²) in [5.41, 5.74) is 0. The van der Waals surface area contributed by atoms with E-state index in [1.54, 1.807) is 0 Å². The lowest BCUT2D eigenvalue weighted by Gasteiger charge is -2.20. The van der Waals surface area contributed by atoms with Crippen molar-refractivity contribution in [3.8, 4) is 0 Å². The Morgan fingerprint density at radius 3 is 1.83 bits per heavy atom. The summed E-state index contributed by atoms with van der Waals surface area (Å²) in [5.74, 6) is 0. The third-order valence-electron chi connectivity index (χ3n) is 2.20. The van der Waals surface area contributed by atoms with Gasteiger partial charge in [0.2, 0.25) is 0 Å². The first-order valence-electron chi connectivity index (χ1n) is 4.77. The van der Waals surface area contributed by atoms with E-state index in [2.05, 4.69) is 20.8 Å². The SMILES string of the molecule is CCOC1C(CC)SSC1CC. The van der Waals surface area contributed by atoms with E-state index in [0.717, 1.165) is 17.1 Å². The molecular weight excluding hydrogens is 188 g/mol. The smallest absolute Gasteiger partial charge is 0.0828 e. The summed E-state index contributed by atoms with van der Waals surface area (Å²) in [5, 5.41) is 1.44. The molecule has 1 aliphatic heterocycles. The van der Waals surface area contributed by atoms with Crippen LogP contribution in [0.3, 0.4) is 0 Å². The van der Waals surface area contributed by atoms with E-state index in [0.29, 0.717) is 6.10 Å². The standard InChI is InChI=1S/C9H18OS2/c1-4-7-9(10-6-3)8(5-2)12-11-7/h7-9H,4-6H2,1-3H3. The number of ether oxygens (including phenoxy) is 1. The highest BCUT2D eigenvalue weighted by Crippen LogP contribution is 2.47. The van der Waals surface area contributed by atoms with Crippen molar-refractivity contribution in [3.05, 3.63) is 0 Å². The molecule has 0 spiro atoms. The fourth-order valence-corrected chi connectivity index (χ4v) is 5.24. The Hall–Kier alpha value is 0.660. The minimum Gasteiger partial charge on any atom is -0.376 e. The highest BCUT2D eigenvalue weighted by Gasteiger charge is 2.35. The zero-order chi connectivity index (χ0) is 8.97. The maximum absolute atomic E-state index is 5.77. The summed E-state index contributed by atoms with van der Waals surface area (Å²) in [4.78, 5) is 0. The van der Waals surface area contributed by atoms with Crippen LogP contribution in [0.4, 0.5) is 0 Å². The average Bonchev–Trinajstić information content (AvgIpc) is 2.48. The first kappa shape index (κ1) is 10.7. The fourth-order valence-electron chi connectivity index (χ4n) is 1.50. The van der Waals surface area contributed by atoms with E-state index in [9.17, 15) is 0 Å². The van der Waals surface area contributed by atoms with Crippen LogP contribution in [0.1, 0.15) is 33.6 Å². The van der Waals surface area contributed by atoms with Gasteiger partial charge in [0.05, 0.1) is 6.10 Å². The Labute approximate surface area is 83.4 Å². The first-order valence-corrected chi connectivity index (χ1v) is 7.04. The lowest BCUT2D eigenvalue weighted by molar-refractivity contribution is 0.0605. The van der Waals surface area contributed by atoms with Crippen molar-refractivity contribution in [1.82, 2.24) is 0 Å². The van der Waals surface area contributed by atoms with Gasteiger partial charge in [-0.3, -0.25) is 0 Å². The first-order chi connectivity index (χ1) is 5.83. The van der Waals surface area contributed by atoms with Gasteiger partial charge in [-0.2, -0.15) is 0 Å². The molecule has 0 saturated carbocycles. The third kappa shape index (κ3) is 2.33. The van der Waals surface area contributed by atoms with Crippen molar-refractivity contribution in [2.75, 3.05) is 6.61 Å². The molecule has 1 rings (SSSR count). The van der Waals surface area contributed by atoms with Crippen molar-refractivity contribution < 1.29 is 4.74 Å². The van der Waals surface area contributed by atoms with Crippen molar-refractivity contribution in [2.24, 2.45) is 0 Å². The zero-order valence-corrected chi connectivity index (χ0v) is 9.71. The third-order valence-corrected chi connectivity index (χ3v) is 5.82. The van der Waals surface area contributed by atoms with Crippen molar-refractivity contribution in [3.63, 3.8) is 0 Å². The van der Waals surface area contributed by atoms with E-state index < -0.39 is 0 Å². The highest BCUT2D eigenvalue weighted by atomic mass is 33.1. The van der Waals surface area contributed by atoms with Crippen molar-refractivity contribution in [1.29, 1.82) is 0 Å². The molecule has 3 heteroatoms. The van der Waals surface area contributed by atoms with Crippen LogP contribution in [0.25, 0.3) is 0 Å². The molecule has 0 aromatic heterocycles. The molecule has 1 heterocycles. The van der Waals surface area contributed by atoms with Gasteiger partial charge in [0, 0.05) is 17.1 Å². The van der Waals surface area contributed by atoms with Gasteiger partial charge in [-0.15, -0.1) is 0 Å². The largest absolute Gasteiger partial charge is 0.376 e. The molecule has 1 aliphatic rings. The monoisotopic (exact) mass is 206 g/mol. The molecule has 1 nitrogen and oxygen atoms in total. The van der Waals surface area contributed by atoms with Crippen LogP contribution in [0.15, 0.2) is 0 Å². The normalized spacial score (nSPS) is 35.8. The molecular formula is C9H18OS2. The molecule has 0 amide bonds. The maximum atomic E-state index is 5.77. The van der Waals surface area contributed by atoms with Crippen LogP contribution in [0, 0.1) is 0 Å². The van der Waals surface area contributed by atoms with Crippen LogP contribution in [-0.2, 0) is 4.74 Å². The van der Waals surface area contributed by atoms with Crippen LogP contribution in [0.5, 0.6) is 0 Å². The summed E-state index contributed by atoms with van der Waals surface area (Å²) in [6.07, 6.45) is 2.97. The van der Waals surface area contributed by atoms with E-state index in [-0.39, 0.29) is 0 Å². The Bertz CT molecular complexity index is 118. The Morgan fingerprint density at radius 2 is 1.50 bits per heavy atom. The Morgan fingerprint density at radius 1 is 1.00 bits per heavy atom. The second kappa shape index (κ2) is 5.40. The molecule has 1 saturated heterocycles. The van der Waals surface area contributed by atoms with E-state index in [4.69, 9.17) is 4.74 Å². The summed E-state index contributed by atoms with van der Waals surface area (Å²) in [6.45, 7) is 7.45. The lowest BCUT2D eigenvalue weighted by Crippen LogP contribution is -2.30. The van der Waals surface area contributed by atoms with Gasteiger partial charge in [-0.1, -0.05) is 35.4 Å². The molecule has 0 radical (unpaired) electrons. The second-order valence-electron chi connectivity index (χ2n) is 3.01. The van der Waals surface area contributed by atoms with Crippen molar-refractivity contribution in [2.45, 2.75) is 50.2 Å². The minimum absolute atomic E-state index is 0.500. The van der Waals surface area contributed by atoms with Crippen molar-refractivity contribution >= 4 is 21.6 Å². The van der Waals surface area contributed by atoms with Gasteiger partial charge < -0.3 is 4.74 Å². The van der Waals surface area contributed by atoms with Gasteiger partial charge in [-0.05, 0) is 19.8 Å². The van der Waals surface area contributed by atoms with Gasteiger partial charge in [0.1, 0.15) is 0 Å². The number of rotatable bonds is 4. The van der Waals surface area contributed by atoms with Crippen LogP contribution < -0.4 is 0 Å². The lowest BCUT2D eigenvalue weighted by atomic mass is 10.1. The molecule has 2 atom stereocenters. The van der Waals surface area contributed by atoms with Crippen LogP contribution >= 0.6 is 21.6 Å². The summed E-state index contributed by atoms with van der Waals surface area (Å²) < 4.78 is 5.77. The number of hydrogen-bond acceptors (Lipinski definition) is 3. The molecule has 0 aliphatic carbocycles. The highest BCUT2D eigenvalue weighted by molar-refractivity contribution is 8.77. The molecule has 0 N–H and O–H groups in total. The van der Waals surface area contributed by atoms with E-state index in [1.807, 2.05) is 21.6 Å². The van der Waals surface area contributed by atoms with Gasteiger partial charge in [-0.25, -0.2) is 0 Å². The van der Waals surface area contributed by atoms with E-state index in [1.165, 1.54) is 12.8 Å². The summed E-state index contributed by atoms with van der Waals surface area (Å²) >= 11 is 0. The quantitative estimate of drug-likeness (QED) is 0.653. The molecule has 0 aromatic carbocycles. The predicted molar refractivity (Wildman–Crippen MR) is 58.8 cm³/mol. The predicted octanol–water partition coefficient (Wildman–Crippen LogP) is 3.34. The second-order valence-corrected chi connectivity index (χ2v) is 5.76. The number of hydrogen-bond donors (Lipinski definition) is 0. The maximum Gasteiger partial charge on any atom is 0.0828 e. The minimum atomic E-state index is 0.500. The fraction of sp³-hybridized carbons (Fsp3) is 1.00. The summed E-state index contributed by atoms with van der Waals surface area (Å²) in [6, 6.07) is 0. The molecule has 1 fully saturated rings. The molecule has 12 heavy (non-hydrogen) atoms. The van der Waals surface area contributed by atoms with Crippen LogP contribution in [0.2, 0.25) is 0 Å². The summed E-state index contributed by atoms with van der Waals surface area (Å²) in [7, 11) is 4.03. The average molecular weight is 206 g/mol. The topological polar surface area (TPSA) is 9.23 Å². The molecule has 0 bridgehead atoms. The van der Waals surface area contributed by atoms with Gasteiger partial charge >= 0.3 is 0 Å². The Kier molecular flexibility index (Phi) is 4.84.